The zero-order valence-corrected chi connectivity index (χ0v) is 12.2. The van der Waals surface area contributed by atoms with E-state index in [9.17, 15) is 9.50 Å². The number of rotatable bonds is 2. The molecule has 0 radical (unpaired) electrons. The van der Waals surface area contributed by atoms with E-state index in [-0.39, 0.29) is 5.82 Å². The second kappa shape index (κ2) is 5.34. The van der Waals surface area contributed by atoms with E-state index in [4.69, 9.17) is 0 Å². The number of hydrogen-bond donors (Lipinski definition) is 1. The van der Waals surface area contributed by atoms with Crippen molar-refractivity contribution in [1.82, 2.24) is 4.90 Å². The third-order valence-corrected chi connectivity index (χ3v) is 4.94. The van der Waals surface area contributed by atoms with Crippen molar-refractivity contribution >= 4 is 5.69 Å². The number of aliphatic hydroxyl groups excluding tert-OH is 1. The first kappa shape index (κ1) is 13.8. The molecule has 3 atom stereocenters. The van der Waals surface area contributed by atoms with Crippen LogP contribution in [0.15, 0.2) is 18.2 Å². The Morgan fingerprint density at radius 2 is 2.00 bits per heavy atom. The third kappa shape index (κ3) is 2.31. The molecule has 2 heterocycles. The molecule has 4 heteroatoms. The van der Waals surface area contributed by atoms with Crippen LogP contribution < -0.4 is 4.90 Å². The number of likely N-dealkylation sites (N-methyl/N-ethyl adjacent to an activating group) is 1. The summed E-state index contributed by atoms with van der Waals surface area (Å²) >= 11 is 0. The molecule has 0 saturated carbocycles. The number of nitrogens with zero attached hydrogens (tertiary/aromatic N) is 2. The topological polar surface area (TPSA) is 26.7 Å². The van der Waals surface area contributed by atoms with E-state index in [0.717, 1.165) is 25.2 Å². The molecular formula is C16H23FN2O. The van der Waals surface area contributed by atoms with Crippen LogP contribution in [0.5, 0.6) is 0 Å². The lowest BCUT2D eigenvalue weighted by molar-refractivity contribution is 0.194. The molecule has 2 aliphatic heterocycles. The van der Waals surface area contributed by atoms with Crippen molar-refractivity contribution in [2.45, 2.75) is 44.4 Å². The molecule has 110 valence electrons. The van der Waals surface area contributed by atoms with Crippen LogP contribution in [0, 0.1) is 5.82 Å². The van der Waals surface area contributed by atoms with E-state index in [1.54, 1.807) is 13.0 Å². The van der Waals surface area contributed by atoms with Crippen molar-refractivity contribution in [3.05, 3.63) is 29.6 Å². The van der Waals surface area contributed by atoms with Gasteiger partial charge in [-0.15, -0.1) is 0 Å². The van der Waals surface area contributed by atoms with Gasteiger partial charge in [0.1, 0.15) is 5.82 Å². The molecule has 2 bridgehead atoms. The molecule has 20 heavy (non-hydrogen) atoms. The van der Waals surface area contributed by atoms with Crippen LogP contribution >= 0.6 is 0 Å². The summed E-state index contributed by atoms with van der Waals surface area (Å²) in [4.78, 5) is 4.73. The van der Waals surface area contributed by atoms with Crippen LogP contribution in [0.2, 0.25) is 0 Å². The first-order valence-corrected chi connectivity index (χ1v) is 7.51. The van der Waals surface area contributed by atoms with E-state index in [1.165, 1.54) is 18.9 Å². The Balaban J connectivity index is 1.92. The Morgan fingerprint density at radius 1 is 1.25 bits per heavy atom. The normalized spacial score (nSPS) is 28.5. The van der Waals surface area contributed by atoms with Gasteiger partial charge in [-0.2, -0.15) is 0 Å². The van der Waals surface area contributed by atoms with Gasteiger partial charge in [0.25, 0.3) is 0 Å². The summed E-state index contributed by atoms with van der Waals surface area (Å²) in [6, 6.07) is 6.32. The number of aliphatic hydroxyl groups is 1. The molecule has 1 aromatic rings. The zero-order valence-electron chi connectivity index (χ0n) is 12.2. The van der Waals surface area contributed by atoms with Crippen LogP contribution in [-0.2, 0) is 0 Å². The molecule has 3 nitrogen and oxygen atoms in total. The summed E-state index contributed by atoms with van der Waals surface area (Å²) < 4.78 is 14.0. The van der Waals surface area contributed by atoms with E-state index < -0.39 is 6.10 Å². The highest BCUT2D eigenvalue weighted by atomic mass is 19.1. The minimum atomic E-state index is -0.774. The molecule has 2 saturated heterocycles. The highest BCUT2D eigenvalue weighted by Gasteiger charge is 2.35. The van der Waals surface area contributed by atoms with Gasteiger partial charge < -0.3 is 10.0 Å². The van der Waals surface area contributed by atoms with Crippen LogP contribution in [0.3, 0.4) is 0 Å². The number of benzene rings is 1. The van der Waals surface area contributed by atoms with Gasteiger partial charge in [-0.25, -0.2) is 4.39 Å². The lowest BCUT2D eigenvalue weighted by Crippen LogP contribution is -2.37. The smallest absolute Gasteiger partial charge is 0.131 e. The molecule has 0 aliphatic carbocycles. The summed E-state index contributed by atoms with van der Waals surface area (Å²) in [7, 11) is 2.20. The Morgan fingerprint density at radius 3 is 2.75 bits per heavy atom. The SMILES string of the molecule is CC(O)c1c(F)cccc1N1CCC2CCC(C1)N2C. The van der Waals surface area contributed by atoms with Gasteiger partial charge in [-0.3, -0.25) is 4.90 Å². The van der Waals surface area contributed by atoms with Crippen molar-refractivity contribution in [2.75, 3.05) is 25.0 Å². The average Bonchev–Trinajstić information content (AvgIpc) is 2.62. The van der Waals surface area contributed by atoms with Crippen molar-refractivity contribution < 1.29 is 9.50 Å². The van der Waals surface area contributed by atoms with Crippen LogP contribution in [0.4, 0.5) is 10.1 Å². The predicted molar refractivity (Wildman–Crippen MR) is 78.4 cm³/mol. The monoisotopic (exact) mass is 278 g/mol. The maximum Gasteiger partial charge on any atom is 0.131 e. The molecule has 0 aromatic heterocycles. The number of hydrogen-bond acceptors (Lipinski definition) is 3. The molecule has 1 aromatic carbocycles. The molecule has 0 spiro atoms. The zero-order chi connectivity index (χ0) is 14.3. The summed E-state index contributed by atoms with van der Waals surface area (Å²) in [5.41, 5.74) is 1.30. The van der Waals surface area contributed by atoms with Gasteiger partial charge in [-0.1, -0.05) is 6.07 Å². The maximum absolute atomic E-state index is 14.0. The quantitative estimate of drug-likeness (QED) is 0.900. The van der Waals surface area contributed by atoms with Gasteiger partial charge in [0, 0.05) is 36.4 Å². The summed E-state index contributed by atoms with van der Waals surface area (Å²) in [6.07, 6.45) is 2.84. The molecular weight excluding hydrogens is 255 g/mol. The number of fused-ring (bicyclic) bond motifs is 2. The first-order chi connectivity index (χ1) is 9.58. The van der Waals surface area contributed by atoms with E-state index >= 15 is 0 Å². The maximum atomic E-state index is 14.0. The van der Waals surface area contributed by atoms with Crippen molar-refractivity contribution in [3.63, 3.8) is 0 Å². The summed E-state index contributed by atoms with van der Waals surface area (Å²) in [5.74, 6) is -0.305. The second-order valence-corrected chi connectivity index (χ2v) is 6.13. The number of halogens is 1. The van der Waals surface area contributed by atoms with E-state index in [2.05, 4.69) is 16.8 Å². The standard InChI is InChI=1S/C16H23FN2O/c1-11(20)16-14(17)4-3-5-15(16)19-9-8-12-6-7-13(10-19)18(12)2/h3-5,11-13,20H,6-10H2,1-2H3. The molecule has 1 N–H and O–H groups in total. The van der Waals surface area contributed by atoms with Gasteiger partial charge in [-0.05, 0) is 45.4 Å². The summed E-state index contributed by atoms with van der Waals surface area (Å²) in [6.45, 7) is 3.50. The molecule has 2 fully saturated rings. The Bertz CT molecular complexity index is 491. The van der Waals surface area contributed by atoms with E-state index in [1.807, 2.05) is 6.07 Å². The molecule has 3 unspecified atom stereocenters. The minimum absolute atomic E-state index is 0.305. The molecule has 3 rings (SSSR count). The average molecular weight is 278 g/mol. The fraction of sp³-hybridized carbons (Fsp3) is 0.625. The van der Waals surface area contributed by atoms with E-state index in [0.29, 0.717) is 17.6 Å². The van der Waals surface area contributed by atoms with Gasteiger partial charge in [0.2, 0.25) is 0 Å². The first-order valence-electron chi connectivity index (χ1n) is 7.51. The van der Waals surface area contributed by atoms with Gasteiger partial charge in [0.05, 0.1) is 6.10 Å². The van der Waals surface area contributed by atoms with Crippen LogP contribution in [0.1, 0.15) is 37.9 Å². The third-order valence-electron chi connectivity index (χ3n) is 4.94. The van der Waals surface area contributed by atoms with Crippen LogP contribution in [0.25, 0.3) is 0 Å². The van der Waals surface area contributed by atoms with Crippen LogP contribution in [-0.4, -0.2) is 42.2 Å². The Hall–Kier alpha value is -1.13. The van der Waals surface area contributed by atoms with Gasteiger partial charge >= 0.3 is 0 Å². The minimum Gasteiger partial charge on any atom is -0.389 e. The molecule has 2 aliphatic rings. The van der Waals surface area contributed by atoms with Gasteiger partial charge in [0.15, 0.2) is 0 Å². The van der Waals surface area contributed by atoms with Crippen molar-refractivity contribution in [2.24, 2.45) is 0 Å². The second-order valence-electron chi connectivity index (χ2n) is 6.13. The number of anilines is 1. The van der Waals surface area contributed by atoms with Crippen molar-refractivity contribution in [3.8, 4) is 0 Å². The highest BCUT2D eigenvalue weighted by Crippen LogP contribution is 2.34. The highest BCUT2D eigenvalue weighted by molar-refractivity contribution is 5.55. The largest absolute Gasteiger partial charge is 0.389 e. The summed E-state index contributed by atoms with van der Waals surface area (Å²) in [5, 5.41) is 9.89. The lowest BCUT2D eigenvalue weighted by Gasteiger charge is -2.30. The van der Waals surface area contributed by atoms with Crippen molar-refractivity contribution in [1.29, 1.82) is 0 Å². The lowest BCUT2D eigenvalue weighted by atomic mass is 10.0. The fourth-order valence-corrected chi connectivity index (χ4v) is 3.74. The Kier molecular flexibility index (Phi) is 3.69. The Labute approximate surface area is 120 Å². The predicted octanol–water partition coefficient (Wildman–Crippen LogP) is 2.55. The molecule has 0 amide bonds. The fourth-order valence-electron chi connectivity index (χ4n) is 3.74.